The zero-order valence-electron chi connectivity index (χ0n) is 9.44. The third-order valence-corrected chi connectivity index (χ3v) is 4.26. The summed E-state index contributed by atoms with van der Waals surface area (Å²) >= 11 is 6.04. The van der Waals surface area contributed by atoms with Gasteiger partial charge in [-0.15, -0.1) is 0 Å². The van der Waals surface area contributed by atoms with E-state index in [1.807, 2.05) is 18.2 Å². The van der Waals surface area contributed by atoms with Gasteiger partial charge in [-0.2, -0.15) is 0 Å². The Kier molecular flexibility index (Phi) is 1.80. The van der Waals surface area contributed by atoms with Crippen molar-refractivity contribution in [1.29, 1.82) is 0 Å². The molecule has 1 aliphatic heterocycles. The quantitative estimate of drug-likeness (QED) is 0.854. The van der Waals surface area contributed by atoms with Crippen molar-refractivity contribution in [3.63, 3.8) is 0 Å². The maximum atomic E-state index is 12.2. The third kappa shape index (κ3) is 1.12. The molecular formula is C14H10ClNO2. The number of nitrogens with one attached hydrogen (secondary N) is 1. The van der Waals surface area contributed by atoms with Crippen LogP contribution in [0.15, 0.2) is 41.2 Å². The van der Waals surface area contributed by atoms with Crippen LogP contribution in [0, 0.1) is 0 Å². The number of benzene rings is 1. The topological polar surface area (TPSA) is 42.2 Å². The van der Waals surface area contributed by atoms with Crippen molar-refractivity contribution >= 4 is 23.2 Å². The van der Waals surface area contributed by atoms with Gasteiger partial charge in [-0.1, -0.05) is 11.6 Å². The van der Waals surface area contributed by atoms with E-state index < -0.39 is 5.41 Å². The average molecular weight is 260 g/mol. The van der Waals surface area contributed by atoms with Gasteiger partial charge in [-0.05, 0) is 41.8 Å². The highest BCUT2D eigenvalue weighted by atomic mass is 35.5. The summed E-state index contributed by atoms with van der Waals surface area (Å²) < 4.78 is 5.11. The minimum Gasteiger partial charge on any atom is -0.472 e. The first-order valence-electron chi connectivity index (χ1n) is 5.85. The zero-order valence-corrected chi connectivity index (χ0v) is 10.2. The van der Waals surface area contributed by atoms with Gasteiger partial charge in [0.15, 0.2) is 0 Å². The van der Waals surface area contributed by atoms with Gasteiger partial charge in [0.1, 0.15) is 0 Å². The van der Waals surface area contributed by atoms with E-state index in [2.05, 4.69) is 5.32 Å². The summed E-state index contributed by atoms with van der Waals surface area (Å²) in [5, 5.41) is 3.61. The molecule has 3 nitrogen and oxygen atoms in total. The maximum absolute atomic E-state index is 12.2. The number of hydrogen-bond donors (Lipinski definition) is 1. The summed E-state index contributed by atoms with van der Waals surface area (Å²) in [6.07, 6.45) is 4.19. The molecule has 0 bridgehead atoms. The number of carbonyl (C=O) groups excluding carboxylic acids is 1. The largest absolute Gasteiger partial charge is 0.472 e. The molecular weight excluding hydrogens is 250 g/mol. The lowest BCUT2D eigenvalue weighted by molar-refractivity contribution is -0.118. The van der Waals surface area contributed by atoms with Crippen LogP contribution in [-0.4, -0.2) is 5.91 Å². The summed E-state index contributed by atoms with van der Waals surface area (Å²) in [7, 11) is 0. The lowest BCUT2D eigenvalue weighted by Gasteiger charge is -2.07. The Morgan fingerprint density at radius 2 is 2.28 bits per heavy atom. The summed E-state index contributed by atoms with van der Waals surface area (Å²) in [5.41, 5.74) is 2.56. The second-order valence-electron chi connectivity index (χ2n) is 4.93. The normalized spacial score (nSPS) is 28.3. The molecule has 1 N–H and O–H groups in total. The highest BCUT2D eigenvalue weighted by molar-refractivity contribution is 6.31. The van der Waals surface area contributed by atoms with Gasteiger partial charge < -0.3 is 9.73 Å². The first-order valence-corrected chi connectivity index (χ1v) is 6.23. The molecule has 1 spiro atoms. The minimum absolute atomic E-state index is 0.0750. The Hall–Kier alpha value is -1.74. The van der Waals surface area contributed by atoms with Crippen molar-refractivity contribution in [2.45, 2.75) is 17.8 Å². The zero-order chi connectivity index (χ0) is 12.3. The number of carbonyl (C=O) groups is 1. The fourth-order valence-electron chi connectivity index (χ4n) is 3.04. The van der Waals surface area contributed by atoms with Crippen molar-refractivity contribution in [2.75, 3.05) is 5.32 Å². The highest BCUT2D eigenvalue weighted by Gasteiger charge is 2.65. The molecule has 2 unspecified atom stereocenters. The van der Waals surface area contributed by atoms with Gasteiger partial charge in [0.05, 0.1) is 17.9 Å². The Bertz CT molecular complexity index is 650. The molecule has 2 aliphatic rings. The SMILES string of the molecule is O=C1Nc2ccc(Cl)cc2C12CC2c1ccoc1. The van der Waals surface area contributed by atoms with Crippen molar-refractivity contribution in [3.05, 3.63) is 52.9 Å². The van der Waals surface area contributed by atoms with Gasteiger partial charge in [0.2, 0.25) is 5.91 Å². The van der Waals surface area contributed by atoms with E-state index in [1.165, 1.54) is 0 Å². The molecule has 1 aromatic heterocycles. The van der Waals surface area contributed by atoms with Crippen LogP contribution < -0.4 is 5.32 Å². The van der Waals surface area contributed by atoms with Crippen molar-refractivity contribution in [3.8, 4) is 0 Å². The van der Waals surface area contributed by atoms with Gasteiger partial charge >= 0.3 is 0 Å². The highest BCUT2D eigenvalue weighted by Crippen LogP contribution is 2.65. The van der Waals surface area contributed by atoms with Gasteiger partial charge in [0, 0.05) is 16.6 Å². The smallest absolute Gasteiger partial charge is 0.235 e. The lowest BCUT2D eigenvalue weighted by Crippen LogP contribution is -2.20. The molecule has 1 fully saturated rings. The van der Waals surface area contributed by atoms with E-state index in [4.69, 9.17) is 16.0 Å². The molecule has 2 aromatic rings. The van der Waals surface area contributed by atoms with Crippen LogP contribution in [0.1, 0.15) is 23.5 Å². The van der Waals surface area contributed by atoms with E-state index in [-0.39, 0.29) is 11.8 Å². The number of anilines is 1. The molecule has 2 atom stereocenters. The summed E-state index contributed by atoms with van der Waals surface area (Å²) in [6.45, 7) is 0. The minimum atomic E-state index is -0.426. The Balaban J connectivity index is 1.85. The standard InChI is InChI=1S/C14H10ClNO2/c15-9-1-2-12-10(5-9)14(13(17)16-12)6-11(14)8-3-4-18-7-8/h1-5,7,11H,6H2,(H,16,17). The van der Waals surface area contributed by atoms with E-state index in [0.717, 1.165) is 23.2 Å². The molecule has 4 rings (SSSR count). The fourth-order valence-corrected chi connectivity index (χ4v) is 3.21. The lowest BCUT2D eigenvalue weighted by atomic mass is 9.93. The van der Waals surface area contributed by atoms with Gasteiger partial charge in [-0.25, -0.2) is 0 Å². The van der Waals surface area contributed by atoms with Crippen LogP contribution in [-0.2, 0) is 10.2 Å². The molecule has 4 heteroatoms. The van der Waals surface area contributed by atoms with Crippen molar-refractivity contribution in [2.24, 2.45) is 0 Å². The Labute approximate surface area is 109 Å². The van der Waals surface area contributed by atoms with E-state index in [0.29, 0.717) is 5.02 Å². The van der Waals surface area contributed by atoms with Gasteiger partial charge in [-0.3, -0.25) is 4.79 Å². The summed E-state index contributed by atoms with van der Waals surface area (Å²) in [6, 6.07) is 7.49. The van der Waals surface area contributed by atoms with E-state index in [9.17, 15) is 4.79 Å². The maximum Gasteiger partial charge on any atom is 0.235 e. The molecule has 18 heavy (non-hydrogen) atoms. The van der Waals surface area contributed by atoms with Crippen LogP contribution in [0.25, 0.3) is 0 Å². The van der Waals surface area contributed by atoms with Crippen LogP contribution in [0.5, 0.6) is 0 Å². The number of hydrogen-bond acceptors (Lipinski definition) is 2. The molecule has 1 aliphatic carbocycles. The van der Waals surface area contributed by atoms with Crippen LogP contribution in [0.2, 0.25) is 5.02 Å². The summed E-state index contributed by atoms with van der Waals surface area (Å²) in [5.74, 6) is 0.280. The number of furan rings is 1. The van der Waals surface area contributed by atoms with E-state index >= 15 is 0 Å². The second kappa shape index (κ2) is 3.18. The first kappa shape index (κ1) is 10.2. The molecule has 0 saturated heterocycles. The average Bonchev–Trinajstić information content (AvgIpc) is 2.76. The first-order chi connectivity index (χ1) is 8.72. The predicted molar refractivity (Wildman–Crippen MR) is 67.8 cm³/mol. The molecule has 1 aromatic carbocycles. The predicted octanol–water partition coefficient (Wildman–Crippen LogP) is 3.31. The molecule has 0 radical (unpaired) electrons. The van der Waals surface area contributed by atoms with Crippen LogP contribution >= 0.6 is 11.6 Å². The number of amides is 1. The van der Waals surface area contributed by atoms with E-state index in [1.54, 1.807) is 18.6 Å². The van der Waals surface area contributed by atoms with Crippen molar-refractivity contribution in [1.82, 2.24) is 0 Å². The Morgan fingerprint density at radius 1 is 1.39 bits per heavy atom. The second-order valence-corrected chi connectivity index (χ2v) is 5.37. The van der Waals surface area contributed by atoms with Crippen LogP contribution in [0.4, 0.5) is 5.69 Å². The van der Waals surface area contributed by atoms with Crippen LogP contribution in [0.3, 0.4) is 0 Å². The molecule has 1 amide bonds. The van der Waals surface area contributed by atoms with Crippen molar-refractivity contribution < 1.29 is 9.21 Å². The molecule has 1 saturated carbocycles. The number of rotatable bonds is 1. The number of halogens is 1. The third-order valence-electron chi connectivity index (χ3n) is 4.02. The monoisotopic (exact) mass is 259 g/mol. The molecule has 2 heterocycles. The fraction of sp³-hybridized carbons (Fsp3) is 0.214. The summed E-state index contributed by atoms with van der Waals surface area (Å²) in [4.78, 5) is 12.2. The Morgan fingerprint density at radius 3 is 3.06 bits per heavy atom. The molecule has 90 valence electrons. The van der Waals surface area contributed by atoms with Gasteiger partial charge in [0.25, 0.3) is 0 Å². The number of fused-ring (bicyclic) bond motifs is 2.